The van der Waals surface area contributed by atoms with Gasteiger partial charge in [-0.15, -0.1) is 0 Å². The minimum atomic E-state index is -0.504. The van der Waals surface area contributed by atoms with Crippen LogP contribution in [0.1, 0.15) is 36.8 Å². The first kappa shape index (κ1) is 15.4. The van der Waals surface area contributed by atoms with Gasteiger partial charge >= 0.3 is 0 Å². The molecule has 1 atom stereocenters. The maximum Gasteiger partial charge on any atom is 0.236 e. The second-order valence-electron chi connectivity index (χ2n) is 7.09. The van der Waals surface area contributed by atoms with Crippen LogP contribution in [0.2, 0.25) is 0 Å². The summed E-state index contributed by atoms with van der Waals surface area (Å²) in [6, 6.07) is 12.0. The van der Waals surface area contributed by atoms with Crippen molar-refractivity contribution in [3.05, 3.63) is 53.4 Å². The minimum absolute atomic E-state index is 0.143. The van der Waals surface area contributed by atoms with E-state index in [1.807, 2.05) is 36.1 Å². The van der Waals surface area contributed by atoms with E-state index in [0.29, 0.717) is 25.5 Å². The molecule has 24 heavy (non-hydrogen) atoms. The van der Waals surface area contributed by atoms with E-state index in [4.69, 9.17) is 9.26 Å². The normalized spacial score (nSPS) is 25.5. The average Bonchev–Trinajstić information content (AvgIpc) is 3.30. The van der Waals surface area contributed by atoms with E-state index in [0.717, 1.165) is 24.1 Å². The summed E-state index contributed by atoms with van der Waals surface area (Å²) in [5.41, 5.74) is 0.946. The smallest absolute Gasteiger partial charge is 0.236 e. The number of amides is 1. The third-order valence-corrected chi connectivity index (χ3v) is 5.21. The second-order valence-corrected chi connectivity index (χ2v) is 7.09. The zero-order valence-electron chi connectivity index (χ0n) is 14.1. The predicted octanol–water partition coefficient (Wildman–Crippen LogP) is 2.79. The summed E-state index contributed by atoms with van der Waals surface area (Å²) in [4.78, 5) is 15.1. The highest BCUT2D eigenvalue weighted by atomic mass is 16.5. The molecular formula is C19H22N2O3. The lowest BCUT2D eigenvalue weighted by atomic mass is 9.92. The number of nitrogens with zero attached hydrogens (tertiary/aromatic N) is 2. The number of morpholine rings is 1. The third kappa shape index (κ3) is 2.44. The summed E-state index contributed by atoms with van der Waals surface area (Å²) >= 11 is 0. The van der Waals surface area contributed by atoms with Gasteiger partial charge in [-0.2, -0.15) is 0 Å². The van der Waals surface area contributed by atoms with E-state index in [2.05, 4.69) is 24.2 Å². The van der Waals surface area contributed by atoms with Gasteiger partial charge in [0.1, 0.15) is 11.0 Å². The summed E-state index contributed by atoms with van der Waals surface area (Å²) in [6.07, 6.45) is 1.67. The van der Waals surface area contributed by atoms with Crippen molar-refractivity contribution in [1.29, 1.82) is 0 Å². The second kappa shape index (κ2) is 5.45. The van der Waals surface area contributed by atoms with Crippen molar-refractivity contribution in [3.8, 4) is 0 Å². The maximum atomic E-state index is 13.2. The van der Waals surface area contributed by atoms with Crippen LogP contribution in [0.3, 0.4) is 0 Å². The van der Waals surface area contributed by atoms with Crippen molar-refractivity contribution < 1.29 is 14.1 Å². The first-order valence-corrected chi connectivity index (χ1v) is 8.46. The van der Waals surface area contributed by atoms with Gasteiger partial charge in [0.05, 0.1) is 18.8 Å². The number of carbonyl (C=O) groups excluding carboxylic acids is 1. The average molecular weight is 326 g/mol. The van der Waals surface area contributed by atoms with Gasteiger partial charge in [-0.25, -0.2) is 0 Å². The van der Waals surface area contributed by atoms with Gasteiger partial charge in [-0.3, -0.25) is 4.79 Å². The fourth-order valence-corrected chi connectivity index (χ4v) is 3.59. The van der Waals surface area contributed by atoms with Crippen LogP contribution in [-0.4, -0.2) is 35.7 Å². The Hall–Kier alpha value is -2.14. The molecule has 5 nitrogen and oxygen atoms in total. The molecule has 1 aromatic heterocycles. The summed E-state index contributed by atoms with van der Waals surface area (Å²) in [5.74, 6) is 0.849. The van der Waals surface area contributed by atoms with Crippen LogP contribution in [0.4, 0.5) is 0 Å². The molecule has 2 fully saturated rings. The molecule has 2 aliphatic rings. The Balaban J connectivity index is 1.57. The molecule has 1 aromatic carbocycles. The molecule has 126 valence electrons. The summed E-state index contributed by atoms with van der Waals surface area (Å²) in [6.45, 7) is 5.66. The lowest BCUT2D eigenvalue weighted by Gasteiger charge is -2.41. The van der Waals surface area contributed by atoms with Gasteiger partial charge in [0, 0.05) is 12.6 Å². The molecule has 5 heteroatoms. The van der Waals surface area contributed by atoms with E-state index < -0.39 is 11.0 Å². The Morgan fingerprint density at radius 3 is 2.62 bits per heavy atom. The summed E-state index contributed by atoms with van der Waals surface area (Å²) in [5, 5.41) is 3.96. The summed E-state index contributed by atoms with van der Waals surface area (Å²) in [7, 11) is 0. The Kier molecular flexibility index (Phi) is 3.49. The molecule has 1 saturated carbocycles. The number of ether oxygens (including phenoxy) is 1. The van der Waals surface area contributed by atoms with Crippen molar-refractivity contribution in [1.82, 2.24) is 10.1 Å². The van der Waals surface area contributed by atoms with Gasteiger partial charge in [0.15, 0.2) is 5.76 Å². The van der Waals surface area contributed by atoms with Crippen LogP contribution in [0.15, 0.2) is 40.9 Å². The highest BCUT2D eigenvalue weighted by Gasteiger charge is 2.57. The first-order chi connectivity index (χ1) is 11.5. The van der Waals surface area contributed by atoms with Gasteiger partial charge in [0.25, 0.3) is 0 Å². The fourth-order valence-electron chi connectivity index (χ4n) is 3.59. The van der Waals surface area contributed by atoms with Crippen LogP contribution in [0.25, 0.3) is 0 Å². The van der Waals surface area contributed by atoms with E-state index in [1.54, 1.807) is 0 Å². The van der Waals surface area contributed by atoms with Gasteiger partial charge in [0.2, 0.25) is 5.91 Å². The van der Waals surface area contributed by atoms with E-state index in [9.17, 15) is 4.79 Å². The molecule has 1 unspecified atom stereocenters. The van der Waals surface area contributed by atoms with Crippen LogP contribution in [0.5, 0.6) is 0 Å². The predicted molar refractivity (Wildman–Crippen MR) is 88.5 cm³/mol. The number of hydrogen-bond acceptors (Lipinski definition) is 4. The number of aryl methyl sites for hydroxylation is 1. The lowest BCUT2D eigenvalue weighted by molar-refractivity contribution is -0.152. The minimum Gasteiger partial charge on any atom is -0.367 e. The van der Waals surface area contributed by atoms with Crippen molar-refractivity contribution in [2.45, 2.75) is 37.7 Å². The monoisotopic (exact) mass is 326 g/mol. The fraction of sp³-hybridized carbons (Fsp3) is 0.474. The highest BCUT2D eigenvalue weighted by Crippen LogP contribution is 2.50. The van der Waals surface area contributed by atoms with Crippen molar-refractivity contribution in [2.75, 3.05) is 19.7 Å². The number of hydrogen-bond donors (Lipinski definition) is 0. The molecule has 1 amide bonds. The van der Waals surface area contributed by atoms with Gasteiger partial charge < -0.3 is 14.2 Å². The van der Waals surface area contributed by atoms with Crippen molar-refractivity contribution in [2.24, 2.45) is 0 Å². The number of benzene rings is 1. The lowest BCUT2D eigenvalue weighted by Crippen LogP contribution is -2.53. The summed E-state index contributed by atoms with van der Waals surface area (Å²) < 4.78 is 11.5. The van der Waals surface area contributed by atoms with E-state index in [1.165, 1.54) is 0 Å². The molecule has 2 heterocycles. The molecule has 0 N–H and O–H groups in total. The van der Waals surface area contributed by atoms with Crippen LogP contribution < -0.4 is 0 Å². The molecule has 1 aliphatic heterocycles. The Morgan fingerprint density at radius 2 is 2.00 bits per heavy atom. The number of rotatable bonds is 3. The molecule has 2 aromatic rings. The van der Waals surface area contributed by atoms with Gasteiger partial charge in [-0.05, 0) is 32.3 Å². The quantitative estimate of drug-likeness (QED) is 0.870. The standard InChI is InChI=1S/C19H22N2O3/c1-14-12-16(24-20-14)19(8-9-19)17(22)21-10-11-23-18(2,13-21)15-6-4-3-5-7-15/h3-7,12H,8-11,13H2,1-2H3. The first-order valence-electron chi connectivity index (χ1n) is 8.46. The largest absolute Gasteiger partial charge is 0.367 e. The highest BCUT2D eigenvalue weighted by molar-refractivity contribution is 5.90. The number of aromatic nitrogens is 1. The van der Waals surface area contributed by atoms with Crippen LogP contribution >= 0.6 is 0 Å². The van der Waals surface area contributed by atoms with Crippen molar-refractivity contribution >= 4 is 5.91 Å². The Morgan fingerprint density at radius 1 is 1.25 bits per heavy atom. The van der Waals surface area contributed by atoms with Crippen LogP contribution in [-0.2, 0) is 20.5 Å². The van der Waals surface area contributed by atoms with E-state index in [-0.39, 0.29) is 5.91 Å². The number of carbonyl (C=O) groups is 1. The molecule has 1 aliphatic carbocycles. The van der Waals surface area contributed by atoms with Crippen LogP contribution in [0, 0.1) is 6.92 Å². The maximum absolute atomic E-state index is 13.2. The van der Waals surface area contributed by atoms with Gasteiger partial charge in [-0.1, -0.05) is 35.5 Å². The topological polar surface area (TPSA) is 55.6 Å². The Bertz CT molecular complexity index is 751. The molecule has 0 spiro atoms. The van der Waals surface area contributed by atoms with Crippen molar-refractivity contribution in [3.63, 3.8) is 0 Å². The molecule has 0 bridgehead atoms. The zero-order valence-corrected chi connectivity index (χ0v) is 14.1. The SMILES string of the molecule is Cc1cc(C2(C(=O)N3CCOC(C)(c4ccccc4)C3)CC2)on1. The zero-order chi connectivity index (χ0) is 16.8. The molecule has 0 radical (unpaired) electrons. The molecule has 4 rings (SSSR count). The molecule has 1 saturated heterocycles. The molecular weight excluding hydrogens is 304 g/mol. The Labute approximate surface area is 141 Å². The third-order valence-electron chi connectivity index (χ3n) is 5.21. The van der Waals surface area contributed by atoms with E-state index >= 15 is 0 Å².